The molecular weight excluding hydrogens is 238 g/mol. The average molecular weight is 259 g/mol. The van der Waals surface area contributed by atoms with Gasteiger partial charge in [-0.25, -0.2) is 4.98 Å². The lowest BCUT2D eigenvalue weighted by molar-refractivity contribution is 0.342. The number of hydrogen-bond donors (Lipinski definition) is 1. The third kappa shape index (κ3) is 3.50. The van der Waals surface area contributed by atoms with Crippen LogP contribution in [0.4, 0.5) is 11.6 Å². The molecule has 0 fully saturated rings. The molecule has 1 heterocycles. The number of nitrogens with zero attached hydrogens (tertiary/aromatic N) is 2. The number of imidazole rings is 1. The van der Waals surface area contributed by atoms with Crippen LogP contribution in [0.2, 0.25) is 0 Å². The zero-order valence-corrected chi connectivity index (χ0v) is 11.6. The molecule has 0 radical (unpaired) electrons. The molecule has 0 spiro atoms. The Balaban J connectivity index is 2.14. The quantitative estimate of drug-likeness (QED) is 0.821. The van der Waals surface area contributed by atoms with Crippen molar-refractivity contribution in [2.45, 2.75) is 33.2 Å². The predicted octanol–water partition coefficient (Wildman–Crippen LogP) is 3.83. The van der Waals surface area contributed by atoms with Crippen molar-refractivity contribution in [2.24, 2.45) is 0 Å². The number of nitrogens with one attached hydrogen (secondary N) is 1. The van der Waals surface area contributed by atoms with Crippen molar-refractivity contribution in [2.75, 3.05) is 11.9 Å². The zero-order chi connectivity index (χ0) is 13.5. The fourth-order valence-corrected chi connectivity index (χ4v) is 1.91. The minimum absolute atomic E-state index is 0.656. The van der Waals surface area contributed by atoms with Gasteiger partial charge in [0.25, 0.3) is 0 Å². The zero-order valence-electron chi connectivity index (χ0n) is 11.6. The van der Waals surface area contributed by atoms with Crippen LogP contribution in [-0.4, -0.2) is 16.2 Å². The smallest absolute Gasteiger partial charge is 0.207 e. The average Bonchev–Trinajstić information content (AvgIpc) is 2.86. The number of benzene rings is 1. The normalized spacial score (nSPS) is 10.4. The SMILES string of the molecule is CCCCn1ccnc1Nc1ccccc1OCC. The van der Waals surface area contributed by atoms with Crippen molar-refractivity contribution >= 4 is 11.6 Å². The van der Waals surface area contributed by atoms with Crippen molar-refractivity contribution in [3.63, 3.8) is 0 Å². The van der Waals surface area contributed by atoms with Gasteiger partial charge >= 0.3 is 0 Å². The van der Waals surface area contributed by atoms with E-state index in [1.54, 1.807) is 0 Å². The van der Waals surface area contributed by atoms with Crippen LogP contribution >= 0.6 is 0 Å². The number of ether oxygens (including phenoxy) is 1. The van der Waals surface area contributed by atoms with Gasteiger partial charge < -0.3 is 14.6 Å². The number of aromatic nitrogens is 2. The van der Waals surface area contributed by atoms with Crippen molar-refractivity contribution in [1.29, 1.82) is 0 Å². The highest BCUT2D eigenvalue weighted by Crippen LogP contribution is 2.26. The Morgan fingerprint density at radius 2 is 2.11 bits per heavy atom. The van der Waals surface area contributed by atoms with Gasteiger partial charge in [-0.2, -0.15) is 0 Å². The van der Waals surface area contributed by atoms with Crippen LogP contribution in [0, 0.1) is 0 Å². The van der Waals surface area contributed by atoms with Crippen LogP contribution in [0.1, 0.15) is 26.7 Å². The maximum absolute atomic E-state index is 5.61. The van der Waals surface area contributed by atoms with E-state index in [-0.39, 0.29) is 0 Å². The molecule has 2 rings (SSSR count). The lowest BCUT2D eigenvalue weighted by Gasteiger charge is -2.13. The maximum atomic E-state index is 5.61. The number of unbranched alkanes of at least 4 members (excludes halogenated alkanes) is 1. The standard InChI is InChI=1S/C15H21N3O/c1-3-5-11-18-12-10-16-15(18)17-13-8-6-7-9-14(13)19-4-2/h6-10,12H,3-5,11H2,1-2H3,(H,16,17). The Hall–Kier alpha value is -1.97. The first-order chi connectivity index (χ1) is 9.35. The first-order valence-electron chi connectivity index (χ1n) is 6.85. The largest absolute Gasteiger partial charge is 0.492 e. The molecule has 0 aliphatic carbocycles. The summed E-state index contributed by atoms with van der Waals surface area (Å²) in [6.07, 6.45) is 6.15. The minimum atomic E-state index is 0.656. The van der Waals surface area contributed by atoms with Gasteiger partial charge in [-0.05, 0) is 25.5 Å². The molecule has 0 aliphatic heterocycles. The number of hydrogen-bond acceptors (Lipinski definition) is 3. The first kappa shape index (κ1) is 13.5. The molecule has 0 saturated heterocycles. The van der Waals surface area contributed by atoms with Gasteiger partial charge in [0.15, 0.2) is 0 Å². The van der Waals surface area contributed by atoms with Crippen LogP contribution < -0.4 is 10.1 Å². The van der Waals surface area contributed by atoms with Gasteiger partial charge in [0.2, 0.25) is 5.95 Å². The Bertz CT molecular complexity index is 508. The van der Waals surface area contributed by atoms with Crippen molar-refractivity contribution < 1.29 is 4.74 Å². The molecule has 0 bridgehead atoms. The highest BCUT2D eigenvalue weighted by Gasteiger charge is 2.06. The molecule has 0 unspecified atom stereocenters. The van der Waals surface area contributed by atoms with E-state index in [0.717, 1.165) is 30.4 Å². The Kier molecular flexibility index (Phi) is 4.84. The summed E-state index contributed by atoms with van der Waals surface area (Å²) < 4.78 is 7.74. The molecule has 2 aromatic rings. The van der Waals surface area contributed by atoms with E-state index in [9.17, 15) is 0 Å². The summed E-state index contributed by atoms with van der Waals surface area (Å²) in [4.78, 5) is 4.36. The van der Waals surface area contributed by atoms with E-state index in [2.05, 4.69) is 21.8 Å². The van der Waals surface area contributed by atoms with E-state index in [1.165, 1.54) is 6.42 Å². The molecule has 1 aromatic heterocycles. The number of anilines is 2. The third-order valence-corrected chi connectivity index (χ3v) is 2.90. The predicted molar refractivity (Wildman–Crippen MR) is 78.0 cm³/mol. The third-order valence-electron chi connectivity index (χ3n) is 2.90. The second kappa shape index (κ2) is 6.83. The summed E-state index contributed by atoms with van der Waals surface area (Å²) in [6.45, 7) is 5.81. The highest BCUT2D eigenvalue weighted by atomic mass is 16.5. The lowest BCUT2D eigenvalue weighted by Crippen LogP contribution is -2.04. The number of para-hydroxylation sites is 2. The molecule has 1 N–H and O–H groups in total. The van der Waals surface area contributed by atoms with E-state index < -0.39 is 0 Å². The molecule has 0 aliphatic rings. The summed E-state index contributed by atoms with van der Waals surface area (Å²) in [5.74, 6) is 1.72. The second-order valence-corrected chi connectivity index (χ2v) is 4.35. The molecule has 102 valence electrons. The monoisotopic (exact) mass is 259 g/mol. The first-order valence-corrected chi connectivity index (χ1v) is 6.85. The lowest BCUT2D eigenvalue weighted by atomic mass is 10.3. The van der Waals surface area contributed by atoms with Crippen LogP contribution in [-0.2, 0) is 6.54 Å². The van der Waals surface area contributed by atoms with Gasteiger partial charge in [-0.15, -0.1) is 0 Å². The summed E-state index contributed by atoms with van der Waals surface area (Å²) in [7, 11) is 0. The minimum Gasteiger partial charge on any atom is -0.492 e. The van der Waals surface area contributed by atoms with Crippen molar-refractivity contribution in [1.82, 2.24) is 9.55 Å². The van der Waals surface area contributed by atoms with Gasteiger partial charge in [0.05, 0.1) is 12.3 Å². The van der Waals surface area contributed by atoms with E-state index in [0.29, 0.717) is 6.61 Å². The van der Waals surface area contributed by atoms with Crippen molar-refractivity contribution in [3.8, 4) is 5.75 Å². The highest BCUT2D eigenvalue weighted by molar-refractivity contribution is 5.62. The van der Waals surface area contributed by atoms with Crippen LogP contribution in [0.25, 0.3) is 0 Å². The molecule has 0 amide bonds. The fourth-order valence-electron chi connectivity index (χ4n) is 1.91. The molecule has 1 aromatic carbocycles. The fraction of sp³-hybridized carbons (Fsp3) is 0.400. The van der Waals surface area contributed by atoms with Crippen LogP contribution in [0.15, 0.2) is 36.7 Å². The number of rotatable bonds is 7. The van der Waals surface area contributed by atoms with E-state index in [4.69, 9.17) is 4.74 Å². The molecule has 4 nitrogen and oxygen atoms in total. The maximum Gasteiger partial charge on any atom is 0.207 e. The van der Waals surface area contributed by atoms with Gasteiger partial charge in [-0.3, -0.25) is 0 Å². The van der Waals surface area contributed by atoms with Gasteiger partial charge in [-0.1, -0.05) is 25.5 Å². The van der Waals surface area contributed by atoms with E-state index >= 15 is 0 Å². The Labute approximate surface area is 114 Å². The molecule has 0 atom stereocenters. The van der Waals surface area contributed by atoms with Crippen LogP contribution in [0.5, 0.6) is 5.75 Å². The van der Waals surface area contributed by atoms with E-state index in [1.807, 2.05) is 43.6 Å². The Morgan fingerprint density at radius 3 is 2.89 bits per heavy atom. The Morgan fingerprint density at radius 1 is 1.26 bits per heavy atom. The van der Waals surface area contributed by atoms with Gasteiger partial charge in [0, 0.05) is 18.9 Å². The van der Waals surface area contributed by atoms with Crippen molar-refractivity contribution in [3.05, 3.63) is 36.7 Å². The molecule has 4 heteroatoms. The molecule has 19 heavy (non-hydrogen) atoms. The molecular formula is C15H21N3O. The second-order valence-electron chi connectivity index (χ2n) is 4.35. The van der Waals surface area contributed by atoms with Gasteiger partial charge in [0.1, 0.15) is 5.75 Å². The summed E-state index contributed by atoms with van der Waals surface area (Å²) >= 11 is 0. The topological polar surface area (TPSA) is 39.1 Å². The van der Waals surface area contributed by atoms with Crippen LogP contribution in [0.3, 0.4) is 0 Å². The summed E-state index contributed by atoms with van der Waals surface area (Å²) in [5, 5.41) is 3.34. The summed E-state index contributed by atoms with van der Waals surface area (Å²) in [6, 6.07) is 7.93. The molecule has 0 saturated carbocycles. The number of aryl methyl sites for hydroxylation is 1. The summed E-state index contributed by atoms with van der Waals surface area (Å²) in [5.41, 5.74) is 0.952.